The van der Waals surface area contributed by atoms with Gasteiger partial charge in [0.1, 0.15) is 5.75 Å². The monoisotopic (exact) mass is 498 g/mol. The second kappa shape index (κ2) is 10.3. The highest BCUT2D eigenvalue weighted by molar-refractivity contribution is 9.10. The number of hydrogen-bond acceptors (Lipinski definition) is 3. The molecule has 1 fully saturated rings. The van der Waals surface area contributed by atoms with Crippen molar-refractivity contribution in [3.63, 3.8) is 0 Å². The molecule has 4 nitrogen and oxygen atoms in total. The lowest BCUT2D eigenvalue weighted by molar-refractivity contribution is -0.135. The smallest absolute Gasteiger partial charge is 0.260 e. The fourth-order valence-electron chi connectivity index (χ4n) is 3.63. The summed E-state index contributed by atoms with van der Waals surface area (Å²) < 4.78 is 6.80. The van der Waals surface area contributed by atoms with Crippen LogP contribution < -0.4 is 4.74 Å². The van der Waals surface area contributed by atoms with Gasteiger partial charge >= 0.3 is 0 Å². The lowest BCUT2D eigenvalue weighted by Crippen LogP contribution is -2.49. The van der Waals surface area contributed by atoms with E-state index in [0.29, 0.717) is 5.75 Å². The summed E-state index contributed by atoms with van der Waals surface area (Å²) in [6.45, 7) is 4.10. The molecule has 1 aliphatic heterocycles. The molecule has 1 saturated heterocycles. The fraction of sp³-hybridized carbons (Fsp3) is 0.240. The Kier molecular flexibility index (Phi) is 7.28. The maximum Gasteiger partial charge on any atom is 0.260 e. The average molecular weight is 500 g/mol. The van der Waals surface area contributed by atoms with Crippen molar-refractivity contribution in [2.75, 3.05) is 32.8 Å². The molecule has 0 bridgehead atoms. The summed E-state index contributed by atoms with van der Waals surface area (Å²) in [5, 5.41) is 0.752. The molecular formula is C25H24BrClN2O2. The number of benzene rings is 3. The van der Waals surface area contributed by atoms with Gasteiger partial charge in [0.25, 0.3) is 5.91 Å². The highest BCUT2D eigenvalue weighted by Crippen LogP contribution is 2.24. The van der Waals surface area contributed by atoms with E-state index in [0.717, 1.165) is 53.3 Å². The summed E-state index contributed by atoms with van der Waals surface area (Å²) in [6, 6.07) is 24.0. The molecule has 0 radical (unpaired) electrons. The van der Waals surface area contributed by atoms with Gasteiger partial charge in [-0.2, -0.15) is 0 Å². The molecule has 3 aromatic rings. The van der Waals surface area contributed by atoms with Crippen LogP contribution in [0.1, 0.15) is 5.56 Å². The summed E-state index contributed by atoms with van der Waals surface area (Å²) in [5.41, 5.74) is 3.49. The van der Waals surface area contributed by atoms with E-state index in [2.05, 4.69) is 45.1 Å². The summed E-state index contributed by atoms with van der Waals surface area (Å²) in [7, 11) is 0. The zero-order chi connectivity index (χ0) is 21.6. The highest BCUT2D eigenvalue weighted by Gasteiger charge is 2.21. The normalized spacial score (nSPS) is 14.5. The fourth-order valence-corrected chi connectivity index (χ4v) is 4.02. The van der Waals surface area contributed by atoms with Gasteiger partial charge in [0.2, 0.25) is 0 Å². The minimum Gasteiger partial charge on any atom is -0.484 e. The van der Waals surface area contributed by atoms with Gasteiger partial charge in [0.15, 0.2) is 6.61 Å². The van der Waals surface area contributed by atoms with Crippen molar-refractivity contribution in [2.24, 2.45) is 0 Å². The van der Waals surface area contributed by atoms with Crippen LogP contribution in [-0.2, 0) is 11.3 Å². The van der Waals surface area contributed by atoms with Crippen LogP contribution in [0, 0.1) is 0 Å². The molecule has 6 heteroatoms. The van der Waals surface area contributed by atoms with Gasteiger partial charge in [0.05, 0.1) is 0 Å². The molecular weight excluding hydrogens is 476 g/mol. The zero-order valence-corrected chi connectivity index (χ0v) is 19.5. The van der Waals surface area contributed by atoms with Gasteiger partial charge in [-0.1, -0.05) is 63.9 Å². The molecule has 1 heterocycles. The largest absolute Gasteiger partial charge is 0.484 e. The Hall–Kier alpha value is -2.34. The maximum atomic E-state index is 12.6. The zero-order valence-electron chi connectivity index (χ0n) is 17.1. The van der Waals surface area contributed by atoms with Gasteiger partial charge in [-0.3, -0.25) is 9.69 Å². The predicted molar refractivity (Wildman–Crippen MR) is 128 cm³/mol. The number of carbonyl (C=O) groups is 1. The number of amides is 1. The number of piperazine rings is 1. The molecule has 0 saturated carbocycles. The standard InChI is InChI=1S/C25H24BrClN2O2/c26-22-7-3-20(4-8-22)21-5-11-24(12-6-21)31-18-25(30)29-15-13-28(14-16-29)17-19-1-9-23(27)10-2-19/h1-12H,13-18H2. The molecule has 3 aromatic carbocycles. The number of rotatable bonds is 6. The summed E-state index contributed by atoms with van der Waals surface area (Å²) in [4.78, 5) is 16.8. The molecule has 1 aliphatic rings. The summed E-state index contributed by atoms with van der Waals surface area (Å²) in [5.74, 6) is 0.735. The van der Waals surface area contributed by atoms with Gasteiger partial charge in [0, 0.05) is 42.2 Å². The molecule has 4 rings (SSSR count). The van der Waals surface area contributed by atoms with Crippen molar-refractivity contribution in [3.05, 3.63) is 87.9 Å². The topological polar surface area (TPSA) is 32.8 Å². The first-order valence-electron chi connectivity index (χ1n) is 10.3. The van der Waals surface area contributed by atoms with E-state index in [4.69, 9.17) is 16.3 Å². The third-order valence-corrected chi connectivity index (χ3v) is 6.22. The first-order valence-corrected chi connectivity index (χ1v) is 11.5. The Morgan fingerprint density at radius 1 is 0.839 bits per heavy atom. The van der Waals surface area contributed by atoms with Gasteiger partial charge in [-0.05, 0) is 53.1 Å². The second-order valence-electron chi connectivity index (χ2n) is 7.60. The quantitative estimate of drug-likeness (QED) is 0.449. The van der Waals surface area contributed by atoms with Crippen molar-refractivity contribution >= 4 is 33.4 Å². The minimum atomic E-state index is 0.0307. The first kappa shape index (κ1) is 21.9. The predicted octanol–water partition coefficient (Wildman–Crippen LogP) is 5.49. The van der Waals surface area contributed by atoms with Crippen molar-refractivity contribution in [1.82, 2.24) is 9.80 Å². The average Bonchev–Trinajstić information content (AvgIpc) is 2.80. The van der Waals surface area contributed by atoms with Crippen LogP contribution in [0.4, 0.5) is 0 Å². The summed E-state index contributed by atoms with van der Waals surface area (Å²) >= 11 is 9.41. The van der Waals surface area contributed by atoms with E-state index in [1.165, 1.54) is 5.56 Å². The van der Waals surface area contributed by atoms with Gasteiger partial charge < -0.3 is 9.64 Å². The van der Waals surface area contributed by atoms with E-state index in [1.54, 1.807) is 0 Å². The van der Waals surface area contributed by atoms with E-state index in [1.807, 2.05) is 53.4 Å². The highest BCUT2D eigenvalue weighted by atomic mass is 79.9. The van der Waals surface area contributed by atoms with Crippen LogP contribution in [0.2, 0.25) is 5.02 Å². The molecule has 0 unspecified atom stereocenters. The number of ether oxygens (including phenoxy) is 1. The van der Waals surface area contributed by atoms with Crippen molar-refractivity contribution < 1.29 is 9.53 Å². The van der Waals surface area contributed by atoms with Crippen LogP contribution in [0.3, 0.4) is 0 Å². The molecule has 1 amide bonds. The molecule has 0 spiro atoms. The van der Waals surface area contributed by atoms with Crippen LogP contribution >= 0.6 is 27.5 Å². The maximum absolute atomic E-state index is 12.6. The van der Waals surface area contributed by atoms with Crippen LogP contribution in [-0.4, -0.2) is 48.5 Å². The Balaban J connectivity index is 1.23. The second-order valence-corrected chi connectivity index (χ2v) is 8.96. The van der Waals surface area contributed by atoms with Gasteiger partial charge in [-0.15, -0.1) is 0 Å². The lowest BCUT2D eigenvalue weighted by atomic mass is 10.1. The van der Waals surface area contributed by atoms with Crippen molar-refractivity contribution in [2.45, 2.75) is 6.54 Å². The molecule has 0 aromatic heterocycles. The molecule has 0 atom stereocenters. The Bertz CT molecular complexity index is 999. The van der Waals surface area contributed by atoms with Crippen molar-refractivity contribution in [1.29, 1.82) is 0 Å². The SMILES string of the molecule is O=C(COc1ccc(-c2ccc(Br)cc2)cc1)N1CCN(Cc2ccc(Cl)cc2)CC1. The number of carbonyl (C=O) groups excluding carboxylic acids is 1. The number of nitrogens with zero attached hydrogens (tertiary/aromatic N) is 2. The Morgan fingerprint density at radius 2 is 1.42 bits per heavy atom. The molecule has 160 valence electrons. The summed E-state index contributed by atoms with van der Waals surface area (Å²) in [6.07, 6.45) is 0. The Morgan fingerprint density at radius 3 is 2.03 bits per heavy atom. The minimum absolute atomic E-state index is 0.0307. The first-order chi connectivity index (χ1) is 15.1. The molecule has 31 heavy (non-hydrogen) atoms. The van der Waals surface area contributed by atoms with Crippen molar-refractivity contribution in [3.8, 4) is 16.9 Å². The Labute approximate surface area is 196 Å². The number of halogens is 2. The van der Waals surface area contributed by atoms with Gasteiger partial charge in [-0.25, -0.2) is 0 Å². The lowest BCUT2D eigenvalue weighted by Gasteiger charge is -2.34. The van der Waals surface area contributed by atoms with E-state index < -0.39 is 0 Å². The van der Waals surface area contributed by atoms with Crippen LogP contribution in [0.5, 0.6) is 5.75 Å². The van der Waals surface area contributed by atoms with E-state index >= 15 is 0 Å². The van der Waals surface area contributed by atoms with E-state index in [-0.39, 0.29) is 12.5 Å². The third-order valence-electron chi connectivity index (χ3n) is 5.44. The van der Waals surface area contributed by atoms with Crippen LogP contribution in [0.15, 0.2) is 77.3 Å². The van der Waals surface area contributed by atoms with Crippen LogP contribution in [0.25, 0.3) is 11.1 Å². The molecule has 0 aliphatic carbocycles. The third kappa shape index (κ3) is 6.10. The van der Waals surface area contributed by atoms with E-state index in [9.17, 15) is 4.79 Å². The molecule has 0 N–H and O–H groups in total. The number of hydrogen-bond donors (Lipinski definition) is 0.